The number of nitrogens with zero attached hydrogens (tertiary/aromatic N) is 2. The molecule has 0 atom stereocenters. The van der Waals surface area contributed by atoms with Gasteiger partial charge in [-0.15, -0.1) is 0 Å². The number of hydrogen-bond acceptors (Lipinski definition) is 4. The largest absolute Gasteiger partial charge is 0.490 e. The van der Waals surface area contributed by atoms with Gasteiger partial charge in [0.05, 0.1) is 11.3 Å². The zero-order chi connectivity index (χ0) is 27.4. The number of halogens is 3. The van der Waals surface area contributed by atoms with Crippen LogP contribution in [0.3, 0.4) is 0 Å². The number of fused-ring (bicyclic) bond motifs is 1. The maximum absolute atomic E-state index is 13.0. The summed E-state index contributed by atoms with van der Waals surface area (Å²) in [5.74, 6) is -2.79. The molecule has 2 heterocycles. The Morgan fingerprint density at radius 3 is 2.16 bits per heavy atom. The van der Waals surface area contributed by atoms with Crippen LogP contribution in [0, 0.1) is 0 Å². The van der Waals surface area contributed by atoms with Gasteiger partial charge < -0.3 is 5.11 Å². The molecule has 2 aromatic carbocycles. The Labute approximate surface area is 215 Å². The highest BCUT2D eigenvalue weighted by Gasteiger charge is 2.38. The molecule has 1 aliphatic heterocycles. The molecule has 4 rings (SSSR count). The van der Waals surface area contributed by atoms with Crippen LogP contribution in [0.2, 0.25) is 0 Å². The quantitative estimate of drug-likeness (QED) is 0.439. The summed E-state index contributed by atoms with van der Waals surface area (Å²) in [6.45, 7) is 9.67. The van der Waals surface area contributed by atoms with Crippen molar-refractivity contribution in [1.29, 1.82) is 0 Å². The first-order chi connectivity index (χ1) is 17.2. The molecule has 10 heteroatoms. The lowest BCUT2D eigenvalue weighted by Crippen LogP contribution is -2.36. The van der Waals surface area contributed by atoms with Gasteiger partial charge in [0, 0.05) is 18.1 Å². The first-order valence-corrected chi connectivity index (χ1v) is 13.4. The average Bonchev–Trinajstić information content (AvgIpc) is 3.22. The molecule has 37 heavy (non-hydrogen) atoms. The van der Waals surface area contributed by atoms with Crippen molar-refractivity contribution >= 4 is 33.0 Å². The topological polar surface area (TPSA) is 79.6 Å². The normalized spacial score (nSPS) is 14.9. The van der Waals surface area contributed by atoms with Crippen LogP contribution in [0.25, 0.3) is 17.0 Å². The van der Waals surface area contributed by atoms with Crippen molar-refractivity contribution in [2.24, 2.45) is 0 Å². The Morgan fingerprint density at radius 2 is 1.65 bits per heavy atom. The van der Waals surface area contributed by atoms with Gasteiger partial charge in [-0.05, 0) is 53.7 Å². The monoisotopic (exact) mass is 536 g/mol. The molecule has 1 aromatic heterocycles. The summed E-state index contributed by atoms with van der Waals surface area (Å²) in [7, 11) is -3.47. The Kier molecular flexibility index (Phi) is 8.54. The summed E-state index contributed by atoms with van der Waals surface area (Å²) in [6.07, 6.45) is 1.46. The van der Waals surface area contributed by atoms with Crippen LogP contribution in [0.4, 0.5) is 13.2 Å². The minimum absolute atomic E-state index is 0.0336. The molecule has 0 spiro atoms. The molecule has 3 aromatic rings. The first kappa shape index (κ1) is 28.5. The minimum atomic E-state index is -5.08. The van der Waals surface area contributed by atoms with E-state index in [0.717, 1.165) is 36.1 Å². The van der Waals surface area contributed by atoms with Crippen LogP contribution in [-0.4, -0.2) is 53.4 Å². The van der Waals surface area contributed by atoms with E-state index in [4.69, 9.17) is 9.90 Å². The zero-order valence-electron chi connectivity index (χ0n) is 21.0. The van der Waals surface area contributed by atoms with Gasteiger partial charge in [0.1, 0.15) is 0 Å². The van der Waals surface area contributed by atoms with Gasteiger partial charge in [-0.2, -0.15) is 13.2 Å². The molecule has 0 amide bonds. The van der Waals surface area contributed by atoms with E-state index in [1.165, 1.54) is 21.5 Å². The summed E-state index contributed by atoms with van der Waals surface area (Å²) in [6, 6.07) is 16.2. The Morgan fingerprint density at radius 1 is 1.03 bits per heavy atom. The summed E-state index contributed by atoms with van der Waals surface area (Å²) in [4.78, 5) is 11.3. The summed E-state index contributed by atoms with van der Waals surface area (Å²) >= 11 is 0. The molecule has 1 N–H and O–H groups in total. The third kappa shape index (κ3) is 7.45. The SMILES string of the molecule is CC(C)(C)c1ccc(C=CCS(=O)(=O)n2ccc3c(CN4CCC4)cccc32)cc1.O=C(O)C(F)(F)F. The third-order valence-electron chi connectivity index (χ3n) is 6.07. The lowest BCUT2D eigenvalue weighted by molar-refractivity contribution is -0.192. The standard InChI is InChI=1S/C25H30N2O2S.C2HF3O2/c1-25(2,3)22-12-10-20(11-13-22)7-5-18-30(28,29)27-17-14-23-21(8-4-9-24(23)27)19-26-15-6-16-26;3-2(4,5)1(6)7/h4-5,7-14,17H,6,15-16,18-19H2,1-3H3;(H,6,7). The van der Waals surface area contributed by atoms with E-state index in [9.17, 15) is 21.6 Å². The van der Waals surface area contributed by atoms with Crippen molar-refractivity contribution in [3.8, 4) is 0 Å². The molecule has 0 saturated carbocycles. The zero-order valence-corrected chi connectivity index (χ0v) is 21.8. The molecule has 200 valence electrons. The fourth-order valence-corrected chi connectivity index (χ4v) is 5.05. The smallest absolute Gasteiger partial charge is 0.475 e. The Bertz CT molecular complexity index is 1370. The number of aromatic nitrogens is 1. The van der Waals surface area contributed by atoms with Gasteiger partial charge in [0.2, 0.25) is 10.0 Å². The lowest BCUT2D eigenvalue weighted by Gasteiger charge is -2.30. The van der Waals surface area contributed by atoms with Gasteiger partial charge in [0.25, 0.3) is 0 Å². The van der Waals surface area contributed by atoms with Crippen molar-refractivity contribution < 1.29 is 31.5 Å². The molecule has 0 bridgehead atoms. The number of benzene rings is 2. The number of alkyl halides is 3. The van der Waals surface area contributed by atoms with E-state index < -0.39 is 22.2 Å². The molecule has 1 saturated heterocycles. The van der Waals surface area contributed by atoms with Crippen molar-refractivity contribution in [3.05, 3.63) is 77.5 Å². The molecule has 6 nitrogen and oxygen atoms in total. The Hall–Kier alpha value is -3.11. The maximum Gasteiger partial charge on any atom is 0.490 e. The van der Waals surface area contributed by atoms with Gasteiger partial charge in [0.15, 0.2) is 0 Å². The van der Waals surface area contributed by atoms with E-state index in [1.807, 2.05) is 36.4 Å². The molecule has 0 unspecified atom stereocenters. The summed E-state index contributed by atoms with van der Waals surface area (Å²) in [5, 5.41) is 8.15. The second-order valence-corrected chi connectivity index (χ2v) is 11.8. The van der Waals surface area contributed by atoms with Crippen LogP contribution in [0.15, 0.2) is 60.8 Å². The second kappa shape index (κ2) is 11.1. The van der Waals surface area contributed by atoms with Crippen LogP contribution in [0.1, 0.15) is 43.9 Å². The molecular weight excluding hydrogens is 505 g/mol. The third-order valence-corrected chi connectivity index (χ3v) is 7.60. The van der Waals surface area contributed by atoms with Crippen molar-refractivity contribution in [2.45, 2.75) is 45.3 Å². The van der Waals surface area contributed by atoms with Crippen molar-refractivity contribution in [2.75, 3.05) is 18.8 Å². The number of carboxylic acid groups (broad SMARTS) is 1. The highest BCUT2D eigenvalue weighted by atomic mass is 32.2. The number of carbonyl (C=O) groups is 1. The summed E-state index contributed by atoms with van der Waals surface area (Å²) in [5.41, 5.74) is 4.33. The van der Waals surface area contributed by atoms with E-state index in [2.05, 4.69) is 43.9 Å². The van der Waals surface area contributed by atoms with Crippen LogP contribution < -0.4 is 0 Å². The number of rotatable bonds is 6. The fourth-order valence-electron chi connectivity index (χ4n) is 3.85. The molecular formula is C27H31F3N2O4S. The van der Waals surface area contributed by atoms with Gasteiger partial charge in [-0.1, -0.05) is 69.3 Å². The van der Waals surface area contributed by atoms with Gasteiger partial charge >= 0.3 is 12.1 Å². The first-order valence-electron chi connectivity index (χ1n) is 11.8. The van der Waals surface area contributed by atoms with Crippen LogP contribution >= 0.6 is 0 Å². The molecule has 0 radical (unpaired) electrons. The average molecular weight is 537 g/mol. The van der Waals surface area contributed by atoms with Gasteiger partial charge in [-0.25, -0.2) is 17.2 Å². The summed E-state index contributed by atoms with van der Waals surface area (Å²) < 4.78 is 59.1. The fraction of sp³-hybridized carbons (Fsp3) is 0.370. The van der Waals surface area contributed by atoms with E-state index in [-0.39, 0.29) is 11.2 Å². The van der Waals surface area contributed by atoms with Crippen LogP contribution in [0.5, 0.6) is 0 Å². The molecule has 0 aliphatic carbocycles. The van der Waals surface area contributed by atoms with Crippen molar-refractivity contribution in [3.63, 3.8) is 0 Å². The maximum atomic E-state index is 13.0. The van der Waals surface area contributed by atoms with Crippen molar-refractivity contribution in [1.82, 2.24) is 8.87 Å². The second-order valence-electron chi connectivity index (χ2n) is 9.95. The number of hydrogen-bond donors (Lipinski definition) is 1. The number of likely N-dealkylation sites (tertiary alicyclic amines) is 1. The molecule has 1 aliphatic rings. The van der Waals surface area contributed by atoms with Crippen LogP contribution in [-0.2, 0) is 26.8 Å². The lowest BCUT2D eigenvalue weighted by atomic mass is 9.87. The minimum Gasteiger partial charge on any atom is -0.475 e. The highest BCUT2D eigenvalue weighted by Crippen LogP contribution is 2.25. The van der Waals surface area contributed by atoms with Gasteiger partial charge in [-0.3, -0.25) is 4.90 Å². The highest BCUT2D eigenvalue weighted by molar-refractivity contribution is 7.90. The predicted octanol–water partition coefficient (Wildman–Crippen LogP) is 5.67. The Balaban J connectivity index is 0.000000479. The van der Waals surface area contributed by atoms with E-state index >= 15 is 0 Å². The van der Waals surface area contributed by atoms with E-state index in [0.29, 0.717) is 0 Å². The predicted molar refractivity (Wildman–Crippen MR) is 139 cm³/mol. The molecule has 1 fully saturated rings. The van der Waals surface area contributed by atoms with E-state index in [1.54, 1.807) is 12.3 Å². The number of aliphatic carboxylic acids is 1. The number of carboxylic acids is 1.